The van der Waals surface area contributed by atoms with Crippen molar-refractivity contribution in [2.24, 2.45) is 5.92 Å². The molecule has 118 valence electrons. The molecule has 0 radical (unpaired) electrons. The molecule has 0 saturated carbocycles. The zero-order chi connectivity index (χ0) is 15.7. The summed E-state index contributed by atoms with van der Waals surface area (Å²) in [5.74, 6) is 0.239. The predicted octanol–water partition coefficient (Wildman–Crippen LogP) is 4.71. The van der Waals surface area contributed by atoms with E-state index in [9.17, 15) is 5.11 Å². The molecule has 21 heavy (non-hydrogen) atoms. The van der Waals surface area contributed by atoms with Gasteiger partial charge in [0.05, 0.1) is 12.2 Å². The normalized spacial score (nSPS) is 24.1. The Morgan fingerprint density at radius 1 is 1.19 bits per heavy atom. The van der Waals surface area contributed by atoms with Crippen LogP contribution in [0.4, 0.5) is 0 Å². The van der Waals surface area contributed by atoms with Crippen molar-refractivity contribution in [2.75, 3.05) is 0 Å². The first-order valence-electron chi connectivity index (χ1n) is 8.33. The quantitative estimate of drug-likeness (QED) is 0.851. The summed E-state index contributed by atoms with van der Waals surface area (Å²) in [5, 5.41) is 11.8. The SMILES string of the molecule is CCCC(CCC)C1(O)c2cc(C)ccc2COC1(C)C. The van der Waals surface area contributed by atoms with Crippen LogP contribution in [0.15, 0.2) is 18.2 Å². The molecule has 0 spiro atoms. The maximum atomic E-state index is 11.8. The molecule has 1 aliphatic rings. The Labute approximate surface area is 129 Å². The highest BCUT2D eigenvalue weighted by Gasteiger charge is 2.53. The Hall–Kier alpha value is -0.860. The second kappa shape index (κ2) is 6.10. The predicted molar refractivity (Wildman–Crippen MR) is 87.2 cm³/mol. The van der Waals surface area contributed by atoms with E-state index in [0.717, 1.165) is 36.8 Å². The Morgan fingerprint density at radius 2 is 1.81 bits per heavy atom. The average molecular weight is 290 g/mol. The number of benzene rings is 1. The molecule has 0 saturated heterocycles. The van der Waals surface area contributed by atoms with Gasteiger partial charge in [-0.15, -0.1) is 0 Å². The van der Waals surface area contributed by atoms with Crippen LogP contribution in [-0.2, 0) is 16.9 Å². The highest BCUT2D eigenvalue weighted by molar-refractivity contribution is 5.40. The number of hydrogen-bond donors (Lipinski definition) is 1. The largest absolute Gasteiger partial charge is 0.382 e. The second-order valence-corrected chi connectivity index (χ2v) is 7.00. The number of rotatable bonds is 5. The zero-order valence-corrected chi connectivity index (χ0v) is 14.2. The fourth-order valence-corrected chi connectivity index (χ4v) is 3.83. The highest BCUT2D eigenvalue weighted by atomic mass is 16.5. The molecule has 2 nitrogen and oxygen atoms in total. The van der Waals surface area contributed by atoms with Gasteiger partial charge in [-0.05, 0) is 50.7 Å². The van der Waals surface area contributed by atoms with Gasteiger partial charge >= 0.3 is 0 Å². The van der Waals surface area contributed by atoms with Gasteiger partial charge in [-0.25, -0.2) is 0 Å². The third-order valence-corrected chi connectivity index (χ3v) is 5.05. The fraction of sp³-hybridized carbons (Fsp3) is 0.684. The van der Waals surface area contributed by atoms with E-state index in [0.29, 0.717) is 6.61 Å². The Morgan fingerprint density at radius 3 is 2.38 bits per heavy atom. The van der Waals surface area contributed by atoms with Gasteiger partial charge in [0.15, 0.2) is 0 Å². The minimum Gasteiger partial charge on any atom is -0.382 e. The van der Waals surface area contributed by atoms with Gasteiger partial charge in [0.1, 0.15) is 5.60 Å². The van der Waals surface area contributed by atoms with Crippen LogP contribution in [0.5, 0.6) is 0 Å². The van der Waals surface area contributed by atoms with E-state index in [1.54, 1.807) is 0 Å². The van der Waals surface area contributed by atoms with Crippen LogP contribution in [0.2, 0.25) is 0 Å². The number of hydrogen-bond acceptors (Lipinski definition) is 2. The van der Waals surface area contributed by atoms with Gasteiger partial charge in [0.25, 0.3) is 0 Å². The first-order chi connectivity index (χ1) is 9.86. The topological polar surface area (TPSA) is 29.5 Å². The summed E-state index contributed by atoms with van der Waals surface area (Å²) in [6.45, 7) is 11.2. The van der Waals surface area contributed by atoms with Crippen molar-refractivity contribution >= 4 is 0 Å². The highest BCUT2D eigenvalue weighted by Crippen LogP contribution is 2.49. The van der Waals surface area contributed by atoms with E-state index in [1.807, 2.05) is 13.8 Å². The van der Waals surface area contributed by atoms with Crippen LogP contribution in [0, 0.1) is 12.8 Å². The van der Waals surface area contributed by atoms with Crippen molar-refractivity contribution in [3.05, 3.63) is 34.9 Å². The fourth-order valence-electron chi connectivity index (χ4n) is 3.83. The van der Waals surface area contributed by atoms with Crippen LogP contribution in [0.25, 0.3) is 0 Å². The van der Waals surface area contributed by atoms with E-state index in [2.05, 4.69) is 39.0 Å². The molecule has 0 amide bonds. The molecule has 2 rings (SSSR count). The zero-order valence-electron chi connectivity index (χ0n) is 14.2. The molecule has 0 bridgehead atoms. The van der Waals surface area contributed by atoms with Gasteiger partial charge in [-0.1, -0.05) is 50.5 Å². The van der Waals surface area contributed by atoms with Gasteiger partial charge in [-0.3, -0.25) is 0 Å². The van der Waals surface area contributed by atoms with Crippen LogP contribution in [-0.4, -0.2) is 10.7 Å². The van der Waals surface area contributed by atoms with Gasteiger partial charge < -0.3 is 9.84 Å². The first kappa shape index (κ1) is 16.5. The van der Waals surface area contributed by atoms with E-state index in [-0.39, 0.29) is 5.92 Å². The molecule has 1 atom stereocenters. The van der Waals surface area contributed by atoms with Gasteiger partial charge in [-0.2, -0.15) is 0 Å². The summed E-state index contributed by atoms with van der Waals surface area (Å²) in [7, 11) is 0. The summed E-state index contributed by atoms with van der Waals surface area (Å²) in [5.41, 5.74) is 1.98. The molecule has 1 unspecified atom stereocenters. The molecule has 1 aliphatic heterocycles. The summed E-state index contributed by atoms with van der Waals surface area (Å²) in [6, 6.07) is 6.38. The molecule has 1 heterocycles. The van der Waals surface area contributed by atoms with Crippen molar-refractivity contribution in [2.45, 2.75) is 78.1 Å². The van der Waals surface area contributed by atoms with E-state index in [4.69, 9.17) is 4.74 Å². The number of fused-ring (bicyclic) bond motifs is 1. The molecular weight excluding hydrogens is 260 g/mol. The Balaban J connectivity index is 2.58. The molecule has 1 N–H and O–H groups in total. The third-order valence-electron chi connectivity index (χ3n) is 5.05. The minimum atomic E-state index is -0.904. The lowest BCUT2D eigenvalue weighted by Crippen LogP contribution is -2.57. The number of aryl methyl sites for hydroxylation is 1. The van der Waals surface area contributed by atoms with Crippen LogP contribution in [0.1, 0.15) is 70.1 Å². The Bertz CT molecular complexity index is 486. The number of aliphatic hydroxyl groups is 1. The second-order valence-electron chi connectivity index (χ2n) is 7.00. The molecule has 0 aliphatic carbocycles. The van der Waals surface area contributed by atoms with Crippen LogP contribution in [0.3, 0.4) is 0 Å². The monoisotopic (exact) mass is 290 g/mol. The van der Waals surface area contributed by atoms with Crippen LogP contribution < -0.4 is 0 Å². The maximum absolute atomic E-state index is 11.8. The van der Waals surface area contributed by atoms with Crippen molar-refractivity contribution < 1.29 is 9.84 Å². The third kappa shape index (κ3) is 2.76. The molecule has 1 aromatic rings. The summed E-state index contributed by atoms with van der Waals surface area (Å²) in [4.78, 5) is 0. The lowest BCUT2D eigenvalue weighted by molar-refractivity contribution is -0.219. The van der Waals surface area contributed by atoms with Crippen molar-refractivity contribution in [1.29, 1.82) is 0 Å². The lowest BCUT2D eigenvalue weighted by Gasteiger charge is -2.51. The summed E-state index contributed by atoms with van der Waals surface area (Å²) in [6.07, 6.45) is 4.24. The van der Waals surface area contributed by atoms with E-state index >= 15 is 0 Å². The van der Waals surface area contributed by atoms with Gasteiger partial charge in [0, 0.05) is 0 Å². The standard InChI is InChI=1S/C19H30O2/c1-6-8-16(9-7-2)19(20)17-12-14(3)10-11-15(17)13-21-18(19,4)5/h10-12,16,20H,6-9,13H2,1-5H3. The molecule has 1 aromatic carbocycles. The Kier molecular flexibility index (Phi) is 4.79. The molecule has 0 fully saturated rings. The maximum Gasteiger partial charge on any atom is 0.121 e. The molecule has 2 heteroatoms. The first-order valence-corrected chi connectivity index (χ1v) is 8.33. The van der Waals surface area contributed by atoms with Crippen LogP contribution >= 0.6 is 0 Å². The molecule has 0 aromatic heterocycles. The lowest BCUT2D eigenvalue weighted by atomic mass is 9.65. The van der Waals surface area contributed by atoms with Crippen molar-refractivity contribution in [3.8, 4) is 0 Å². The molecular formula is C19H30O2. The summed E-state index contributed by atoms with van der Waals surface area (Å²) < 4.78 is 6.07. The minimum absolute atomic E-state index is 0.239. The van der Waals surface area contributed by atoms with E-state index in [1.165, 1.54) is 5.56 Å². The van der Waals surface area contributed by atoms with E-state index < -0.39 is 11.2 Å². The van der Waals surface area contributed by atoms with Gasteiger partial charge in [0.2, 0.25) is 0 Å². The van der Waals surface area contributed by atoms with Crippen molar-refractivity contribution in [3.63, 3.8) is 0 Å². The smallest absolute Gasteiger partial charge is 0.121 e. The summed E-state index contributed by atoms with van der Waals surface area (Å²) >= 11 is 0. The number of ether oxygens (including phenoxy) is 1. The average Bonchev–Trinajstić information content (AvgIpc) is 2.43. The van der Waals surface area contributed by atoms with Crippen molar-refractivity contribution in [1.82, 2.24) is 0 Å².